The van der Waals surface area contributed by atoms with Crippen molar-refractivity contribution in [3.8, 4) is 11.3 Å². The molecule has 0 spiro atoms. The second kappa shape index (κ2) is 7.72. The van der Waals surface area contributed by atoms with Crippen LogP contribution < -0.4 is 10.6 Å². The van der Waals surface area contributed by atoms with E-state index in [1.54, 1.807) is 0 Å². The first kappa shape index (κ1) is 18.2. The fraction of sp³-hybridized carbons (Fsp3) is 0.450. The van der Waals surface area contributed by atoms with E-state index in [2.05, 4.69) is 60.8 Å². The molecule has 1 saturated heterocycles. The number of anilines is 1. The number of carbonyl (C=O) groups is 2. The van der Waals surface area contributed by atoms with Crippen molar-refractivity contribution >= 4 is 17.6 Å². The first-order chi connectivity index (χ1) is 12.5. The molecule has 1 aliphatic rings. The Kier molecular flexibility index (Phi) is 5.40. The summed E-state index contributed by atoms with van der Waals surface area (Å²) in [7, 11) is 0. The summed E-state index contributed by atoms with van der Waals surface area (Å²) >= 11 is 0. The first-order valence-electron chi connectivity index (χ1n) is 9.24. The minimum absolute atomic E-state index is 0.0775. The van der Waals surface area contributed by atoms with Crippen LogP contribution in [-0.4, -0.2) is 28.1 Å². The molecule has 0 bridgehead atoms. The van der Waals surface area contributed by atoms with Gasteiger partial charge in [-0.3, -0.25) is 14.3 Å². The van der Waals surface area contributed by atoms with Crippen LogP contribution in [0, 0.1) is 5.92 Å². The summed E-state index contributed by atoms with van der Waals surface area (Å²) in [6.07, 6.45) is 2.38. The molecule has 3 rings (SSSR count). The zero-order valence-corrected chi connectivity index (χ0v) is 15.6. The lowest BCUT2D eigenvalue weighted by atomic mass is 10.0. The van der Waals surface area contributed by atoms with E-state index in [4.69, 9.17) is 0 Å². The van der Waals surface area contributed by atoms with Gasteiger partial charge >= 0.3 is 0 Å². The van der Waals surface area contributed by atoms with Crippen LogP contribution in [0.3, 0.4) is 0 Å². The predicted octanol–water partition coefficient (Wildman–Crippen LogP) is 3.16. The number of hydrogen-bond donors (Lipinski definition) is 2. The Balaban J connectivity index is 1.85. The van der Waals surface area contributed by atoms with E-state index in [0.717, 1.165) is 24.1 Å². The van der Waals surface area contributed by atoms with Crippen LogP contribution in [0.1, 0.15) is 45.2 Å². The van der Waals surface area contributed by atoms with E-state index in [1.165, 1.54) is 5.56 Å². The van der Waals surface area contributed by atoms with E-state index in [0.29, 0.717) is 12.4 Å². The Morgan fingerprint density at radius 2 is 2.19 bits per heavy atom. The molecule has 1 aromatic carbocycles. The van der Waals surface area contributed by atoms with Gasteiger partial charge in [0.15, 0.2) is 5.82 Å². The quantitative estimate of drug-likeness (QED) is 0.837. The summed E-state index contributed by atoms with van der Waals surface area (Å²) < 4.78 is 1.93. The van der Waals surface area contributed by atoms with Gasteiger partial charge < -0.3 is 10.6 Å². The van der Waals surface area contributed by atoms with E-state index in [1.807, 2.05) is 10.7 Å². The topological polar surface area (TPSA) is 76.0 Å². The van der Waals surface area contributed by atoms with Gasteiger partial charge in [-0.25, -0.2) is 0 Å². The fourth-order valence-electron chi connectivity index (χ4n) is 3.26. The summed E-state index contributed by atoms with van der Waals surface area (Å²) in [5, 5.41) is 10.1. The minimum atomic E-state index is -0.331. The SMILES string of the molecule is CCCc1cccc(-c2cc(NC(=O)C3CNC(=O)C3)nn2C(C)C)c1. The summed E-state index contributed by atoms with van der Waals surface area (Å²) in [5.41, 5.74) is 3.37. The highest BCUT2D eigenvalue weighted by Crippen LogP contribution is 2.27. The maximum Gasteiger partial charge on any atom is 0.230 e. The zero-order chi connectivity index (χ0) is 18.7. The molecule has 6 nitrogen and oxygen atoms in total. The van der Waals surface area contributed by atoms with Gasteiger partial charge in [0, 0.05) is 30.6 Å². The van der Waals surface area contributed by atoms with E-state index in [-0.39, 0.29) is 30.2 Å². The summed E-state index contributed by atoms with van der Waals surface area (Å²) in [5.74, 6) is -0.0451. The van der Waals surface area contributed by atoms with Crippen LogP contribution in [0.5, 0.6) is 0 Å². The van der Waals surface area contributed by atoms with Crippen LogP contribution in [0.2, 0.25) is 0 Å². The van der Waals surface area contributed by atoms with Crippen molar-refractivity contribution in [1.82, 2.24) is 15.1 Å². The molecular formula is C20H26N4O2. The summed E-state index contributed by atoms with van der Waals surface area (Å²) in [6, 6.07) is 10.5. The van der Waals surface area contributed by atoms with Crippen LogP contribution in [0.25, 0.3) is 11.3 Å². The van der Waals surface area contributed by atoms with Crippen molar-refractivity contribution in [2.75, 3.05) is 11.9 Å². The molecule has 6 heteroatoms. The zero-order valence-electron chi connectivity index (χ0n) is 15.6. The third-order valence-electron chi connectivity index (χ3n) is 4.59. The molecule has 0 aliphatic carbocycles. The van der Waals surface area contributed by atoms with Crippen LogP contribution in [0.15, 0.2) is 30.3 Å². The maximum absolute atomic E-state index is 12.4. The first-order valence-corrected chi connectivity index (χ1v) is 9.24. The Morgan fingerprint density at radius 1 is 1.38 bits per heavy atom. The Bertz CT molecular complexity index is 810. The lowest BCUT2D eigenvalue weighted by Gasteiger charge is -2.11. The predicted molar refractivity (Wildman–Crippen MR) is 102 cm³/mol. The van der Waals surface area contributed by atoms with Gasteiger partial charge in [-0.15, -0.1) is 0 Å². The fourth-order valence-corrected chi connectivity index (χ4v) is 3.26. The number of benzene rings is 1. The Hall–Kier alpha value is -2.63. The largest absolute Gasteiger partial charge is 0.355 e. The molecule has 1 aliphatic heterocycles. The van der Waals surface area contributed by atoms with Crippen molar-refractivity contribution < 1.29 is 9.59 Å². The molecule has 2 aromatic rings. The number of rotatable bonds is 6. The van der Waals surface area contributed by atoms with Crippen LogP contribution >= 0.6 is 0 Å². The number of aryl methyl sites for hydroxylation is 1. The smallest absolute Gasteiger partial charge is 0.230 e. The summed E-state index contributed by atoms with van der Waals surface area (Å²) in [6.45, 7) is 6.69. The van der Waals surface area contributed by atoms with Gasteiger partial charge in [0.05, 0.1) is 11.6 Å². The lowest BCUT2D eigenvalue weighted by molar-refractivity contribution is -0.123. The number of nitrogens with zero attached hydrogens (tertiary/aromatic N) is 2. The molecule has 2 amide bonds. The summed E-state index contributed by atoms with van der Waals surface area (Å²) in [4.78, 5) is 23.7. The average Bonchev–Trinajstić information content (AvgIpc) is 3.22. The van der Waals surface area contributed by atoms with E-state index >= 15 is 0 Å². The molecule has 0 saturated carbocycles. The lowest BCUT2D eigenvalue weighted by Crippen LogP contribution is -2.25. The Morgan fingerprint density at radius 3 is 2.85 bits per heavy atom. The molecule has 1 atom stereocenters. The third-order valence-corrected chi connectivity index (χ3v) is 4.59. The molecule has 26 heavy (non-hydrogen) atoms. The molecule has 2 heterocycles. The molecule has 1 unspecified atom stereocenters. The minimum Gasteiger partial charge on any atom is -0.355 e. The van der Waals surface area contributed by atoms with Crippen molar-refractivity contribution in [3.05, 3.63) is 35.9 Å². The highest BCUT2D eigenvalue weighted by molar-refractivity contribution is 5.96. The number of carbonyl (C=O) groups excluding carboxylic acids is 2. The maximum atomic E-state index is 12.4. The second-order valence-electron chi connectivity index (χ2n) is 7.10. The number of hydrogen-bond acceptors (Lipinski definition) is 3. The van der Waals surface area contributed by atoms with E-state index in [9.17, 15) is 9.59 Å². The monoisotopic (exact) mass is 354 g/mol. The number of nitrogens with one attached hydrogen (secondary N) is 2. The van der Waals surface area contributed by atoms with Gasteiger partial charge in [-0.1, -0.05) is 31.5 Å². The highest BCUT2D eigenvalue weighted by Gasteiger charge is 2.28. The van der Waals surface area contributed by atoms with Crippen molar-refractivity contribution in [1.29, 1.82) is 0 Å². The van der Waals surface area contributed by atoms with Crippen LogP contribution in [-0.2, 0) is 16.0 Å². The van der Waals surface area contributed by atoms with Gasteiger partial charge in [-0.05, 0) is 31.9 Å². The second-order valence-corrected chi connectivity index (χ2v) is 7.10. The van der Waals surface area contributed by atoms with Gasteiger partial charge in [0.2, 0.25) is 11.8 Å². The van der Waals surface area contributed by atoms with Gasteiger partial charge in [0.25, 0.3) is 0 Å². The van der Waals surface area contributed by atoms with Crippen LogP contribution in [0.4, 0.5) is 5.82 Å². The standard InChI is InChI=1S/C20H26N4O2/c1-4-6-14-7-5-8-15(9-14)17-11-18(23-24(17)13(2)3)22-20(26)16-10-19(25)21-12-16/h5,7-9,11,13,16H,4,6,10,12H2,1-3H3,(H,21,25)(H,22,23,26). The normalized spacial score (nSPS) is 16.8. The molecular weight excluding hydrogens is 328 g/mol. The van der Waals surface area contributed by atoms with Gasteiger partial charge in [-0.2, -0.15) is 5.10 Å². The van der Waals surface area contributed by atoms with E-state index < -0.39 is 0 Å². The molecule has 138 valence electrons. The average molecular weight is 354 g/mol. The van der Waals surface area contributed by atoms with Crippen molar-refractivity contribution in [3.63, 3.8) is 0 Å². The third kappa shape index (κ3) is 3.95. The number of amides is 2. The number of aromatic nitrogens is 2. The molecule has 1 aromatic heterocycles. The molecule has 2 N–H and O–H groups in total. The molecule has 1 fully saturated rings. The Labute approximate surface area is 154 Å². The van der Waals surface area contributed by atoms with Gasteiger partial charge in [0.1, 0.15) is 0 Å². The van der Waals surface area contributed by atoms with Crippen molar-refractivity contribution in [2.45, 2.75) is 46.1 Å². The van der Waals surface area contributed by atoms with Crippen molar-refractivity contribution in [2.24, 2.45) is 5.92 Å². The highest BCUT2D eigenvalue weighted by atomic mass is 16.2. The molecule has 0 radical (unpaired) electrons.